The zero-order chi connectivity index (χ0) is 23.5. The molecule has 0 bridgehead atoms. The minimum Gasteiger partial charge on any atom is -0.458 e. The predicted octanol–water partition coefficient (Wildman–Crippen LogP) is 2.84. The molecule has 0 aliphatic rings. The lowest BCUT2D eigenvalue weighted by Crippen LogP contribution is -2.35. The maximum Gasteiger partial charge on any atom is 0.332 e. The van der Waals surface area contributed by atoms with E-state index < -0.39 is 46.8 Å². The van der Waals surface area contributed by atoms with Gasteiger partial charge in [-0.25, -0.2) is 9.59 Å². The number of rotatable bonds is 9. The van der Waals surface area contributed by atoms with Crippen LogP contribution in [0.15, 0.2) is 24.3 Å². The number of aliphatic hydroxyl groups excluding tert-OH is 2. The van der Waals surface area contributed by atoms with Gasteiger partial charge in [0.2, 0.25) is 0 Å². The molecule has 0 spiro atoms. The summed E-state index contributed by atoms with van der Waals surface area (Å²) in [6, 6.07) is 5.92. The van der Waals surface area contributed by atoms with E-state index in [0.29, 0.717) is 12.8 Å². The van der Waals surface area contributed by atoms with Crippen LogP contribution in [0.1, 0.15) is 61.3 Å². The van der Waals surface area contributed by atoms with Gasteiger partial charge in [0.15, 0.2) is 0 Å². The van der Waals surface area contributed by atoms with E-state index in [1.165, 1.54) is 18.2 Å². The second-order valence-electron chi connectivity index (χ2n) is 7.41. The van der Waals surface area contributed by atoms with Gasteiger partial charge in [-0.15, -0.1) is 0 Å². The van der Waals surface area contributed by atoms with Gasteiger partial charge in [0.05, 0.1) is 0 Å². The highest BCUT2D eigenvalue weighted by Crippen LogP contribution is 2.25. The van der Waals surface area contributed by atoms with Gasteiger partial charge in [-0.3, -0.25) is 9.59 Å². The molecule has 168 valence electrons. The third-order valence-corrected chi connectivity index (χ3v) is 4.12. The van der Waals surface area contributed by atoms with Crippen molar-refractivity contribution in [3.05, 3.63) is 35.4 Å². The molecule has 0 radical (unpaired) electrons. The monoisotopic (exact) mass is 464 g/mol. The molecule has 0 saturated heterocycles. The first kappa shape index (κ1) is 28.0. The number of esters is 2. The maximum atomic E-state index is 11.0. The predicted molar refractivity (Wildman–Crippen MR) is 111 cm³/mol. The van der Waals surface area contributed by atoms with E-state index in [-0.39, 0.29) is 11.1 Å². The summed E-state index contributed by atoms with van der Waals surface area (Å²) in [7, 11) is 0. The van der Waals surface area contributed by atoms with Crippen LogP contribution in [-0.2, 0) is 19.1 Å². The van der Waals surface area contributed by atoms with E-state index in [9.17, 15) is 19.2 Å². The number of hydrogen-bond donors (Lipinski definition) is 2. The Balaban J connectivity index is 0.000000604. The summed E-state index contributed by atoms with van der Waals surface area (Å²) in [6.07, 6.45) is 0.925. The third-order valence-electron chi connectivity index (χ3n) is 3.68. The molecule has 2 N–H and O–H groups in total. The fraction of sp³-hybridized carbons (Fsp3) is 0.500. The summed E-state index contributed by atoms with van der Waals surface area (Å²) in [6.45, 7) is 5.53. The van der Waals surface area contributed by atoms with Crippen molar-refractivity contribution in [2.75, 3.05) is 13.2 Å². The molecule has 0 aliphatic heterocycles. The summed E-state index contributed by atoms with van der Waals surface area (Å²) < 4.78 is 10.1. The van der Waals surface area contributed by atoms with Crippen LogP contribution in [0.3, 0.4) is 0 Å². The molecule has 10 heteroatoms. The Morgan fingerprint density at radius 2 is 1.13 bits per heavy atom. The van der Waals surface area contributed by atoms with Gasteiger partial charge >= 0.3 is 11.9 Å². The van der Waals surface area contributed by atoms with E-state index in [1.807, 2.05) is 0 Å². The molecule has 0 aromatic heterocycles. The molecule has 1 rings (SSSR count). The molecule has 0 aliphatic carbocycles. The topological polar surface area (TPSA) is 127 Å². The van der Waals surface area contributed by atoms with Crippen molar-refractivity contribution in [3.8, 4) is 0 Å². The molecule has 0 unspecified atom stereocenters. The first-order valence-corrected chi connectivity index (χ1v) is 9.63. The second-order valence-corrected chi connectivity index (χ2v) is 8.10. The fourth-order valence-electron chi connectivity index (χ4n) is 2.15. The van der Waals surface area contributed by atoms with Gasteiger partial charge in [-0.1, -0.05) is 18.2 Å². The van der Waals surface area contributed by atoms with Crippen molar-refractivity contribution in [1.29, 1.82) is 0 Å². The van der Waals surface area contributed by atoms with Crippen molar-refractivity contribution >= 4 is 45.6 Å². The lowest BCUT2D eigenvalue weighted by molar-refractivity contribution is -0.167. The average molecular weight is 465 g/mol. The van der Waals surface area contributed by atoms with E-state index in [2.05, 4.69) is 0 Å². The quantitative estimate of drug-likeness (QED) is 0.421. The average Bonchev–Trinajstić information content (AvgIpc) is 2.66. The van der Waals surface area contributed by atoms with Crippen LogP contribution in [0.5, 0.6) is 0 Å². The van der Waals surface area contributed by atoms with E-state index in [1.54, 1.807) is 33.8 Å². The normalized spacial score (nSPS) is 11.1. The first-order chi connectivity index (χ1) is 13.7. The number of hydrogen-bond acceptors (Lipinski definition) is 8. The minimum atomic E-state index is -0.747. The fourth-order valence-corrected chi connectivity index (χ4v) is 2.38. The standard InChI is InChI=1S/C12H22O6.C8H4Cl2O2/c1-11(2,17-9(15)7-13)5-6-12(3,4)18-10(16)8-14;9-7(11)5-2-1-3-6(4-5)8(10)12/h13-14H,5-8H2,1-4H3;1-4H. The highest BCUT2D eigenvalue weighted by Gasteiger charge is 2.29. The van der Waals surface area contributed by atoms with Crippen LogP contribution in [0.4, 0.5) is 0 Å². The first-order valence-electron chi connectivity index (χ1n) is 8.88. The summed E-state index contributed by atoms with van der Waals surface area (Å²) >= 11 is 10.4. The molecule has 0 atom stereocenters. The number of halogens is 2. The Morgan fingerprint density at radius 3 is 1.40 bits per heavy atom. The molecule has 1 aromatic rings. The highest BCUT2D eigenvalue weighted by atomic mass is 35.5. The molecule has 30 heavy (non-hydrogen) atoms. The van der Waals surface area contributed by atoms with Crippen molar-refractivity contribution in [2.45, 2.75) is 51.7 Å². The molecule has 1 aromatic carbocycles. The molecule has 0 saturated carbocycles. The van der Waals surface area contributed by atoms with Crippen molar-refractivity contribution in [2.24, 2.45) is 0 Å². The van der Waals surface area contributed by atoms with Crippen molar-refractivity contribution < 1.29 is 38.9 Å². The van der Waals surface area contributed by atoms with Crippen LogP contribution < -0.4 is 0 Å². The largest absolute Gasteiger partial charge is 0.458 e. The van der Waals surface area contributed by atoms with E-state index in [4.69, 9.17) is 42.9 Å². The summed E-state index contributed by atoms with van der Waals surface area (Å²) in [5.41, 5.74) is -0.961. The molecule has 0 amide bonds. The Kier molecular flexibility index (Phi) is 11.8. The van der Waals surface area contributed by atoms with Gasteiger partial charge in [0.25, 0.3) is 10.5 Å². The number of carbonyl (C=O) groups excluding carboxylic acids is 4. The Hall–Kier alpha value is -2.00. The van der Waals surface area contributed by atoms with Crippen LogP contribution in [-0.4, -0.2) is 57.1 Å². The van der Waals surface area contributed by atoms with Gasteiger partial charge < -0.3 is 19.7 Å². The third kappa shape index (κ3) is 11.9. The zero-order valence-corrected chi connectivity index (χ0v) is 18.7. The van der Waals surface area contributed by atoms with E-state index >= 15 is 0 Å². The van der Waals surface area contributed by atoms with Crippen LogP contribution in [0.2, 0.25) is 0 Å². The lowest BCUT2D eigenvalue weighted by Gasteiger charge is -2.30. The number of carbonyl (C=O) groups is 4. The van der Waals surface area contributed by atoms with Crippen molar-refractivity contribution in [3.63, 3.8) is 0 Å². The Labute approximate surface area is 185 Å². The Morgan fingerprint density at radius 1 is 0.800 bits per heavy atom. The molecular formula is C20H26Cl2O8. The maximum absolute atomic E-state index is 11.0. The van der Waals surface area contributed by atoms with Gasteiger partial charge in [0, 0.05) is 11.1 Å². The van der Waals surface area contributed by atoms with Crippen molar-refractivity contribution in [1.82, 2.24) is 0 Å². The van der Waals surface area contributed by atoms with Gasteiger partial charge in [0.1, 0.15) is 24.4 Å². The van der Waals surface area contributed by atoms with Gasteiger partial charge in [-0.2, -0.15) is 0 Å². The smallest absolute Gasteiger partial charge is 0.332 e. The SMILES string of the molecule is CC(C)(CCC(C)(C)OC(=O)CO)OC(=O)CO.O=C(Cl)c1cccc(C(=O)Cl)c1. The zero-order valence-electron chi connectivity index (χ0n) is 17.2. The van der Waals surface area contributed by atoms with Gasteiger partial charge in [-0.05, 0) is 69.8 Å². The molecule has 0 fully saturated rings. The highest BCUT2D eigenvalue weighted by molar-refractivity contribution is 6.69. The summed E-state index contributed by atoms with van der Waals surface area (Å²) in [5, 5.41) is 16.0. The van der Waals surface area contributed by atoms with Crippen LogP contribution >= 0.6 is 23.2 Å². The molecule has 8 nitrogen and oxygen atoms in total. The molecule has 0 heterocycles. The number of ether oxygens (including phenoxy) is 2. The summed E-state index contributed by atoms with van der Waals surface area (Å²) in [5.74, 6) is -1.38. The summed E-state index contributed by atoms with van der Waals surface area (Å²) in [4.78, 5) is 43.2. The minimum absolute atomic E-state index is 0.267. The number of aliphatic hydroxyl groups is 2. The van der Waals surface area contributed by atoms with Crippen LogP contribution in [0.25, 0.3) is 0 Å². The number of benzene rings is 1. The van der Waals surface area contributed by atoms with Crippen LogP contribution in [0, 0.1) is 0 Å². The van der Waals surface area contributed by atoms with E-state index in [0.717, 1.165) is 0 Å². The lowest BCUT2D eigenvalue weighted by atomic mass is 9.94. The Bertz CT molecular complexity index is 700. The second kappa shape index (κ2) is 12.6. The molecular weight excluding hydrogens is 439 g/mol.